The number of nitrogens with zero attached hydrogens (tertiary/aromatic N) is 1. The first kappa shape index (κ1) is 15.7. The molecule has 112 valence electrons. The maximum Gasteiger partial charge on any atom is 0.0298 e. The van der Waals surface area contributed by atoms with Crippen LogP contribution in [0.15, 0.2) is 48.8 Å². The van der Waals surface area contributed by atoms with E-state index in [0.717, 1.165) is 6.42 Å². The number of nitrogens with one attached hydrogen (secondary N) is 1. The van der Waals surface area contributed by atoms with Crippen LogP contribution in [0.5, 0.6) is 0 Å². The lowest BCUT2D eigenvalue weighted by Crippen LogP contribution is -2.22. The van der Waals surface area contributed by atoms with Gasteiger partial charge in [-0.25, -0.2) is 0 Å². The highest BCUT2D eigenvalue weighted by atomic mass is 14.9. The van der Waals surface area contributed by atoms with Crippen LogP contribution >= 0.6 is 0 Å². The molecule has 2 nitrogen and oxygen atoms in total. The van der Waals surface area contributed by atoms with Gasteiger partial charge in [-0.15, -0.1) is 0 Å². The predicted octanol–water partition coefficient (Wildman–Crippen LogP) is 4.69. The van der Waals surface area contributed by atoms with Crippen LogP contribution < -0.4 is 5.32 Å². The minimum atomic E-state index is 0.318. The van der Waals surface area contributed by atoms with Crippen LogP contribution in [0, 0.1) is 5.92 Å². The molecule has 0 fully saturated rings. The smallest absolute Gasteiger partial charge is 0.0298 e. The number of benzene rings is 1. The van der Waals surface area contributed by atoms with Crippen LogP contribution in [0.4, 0.5) is 0 Å². The monoisotopic (exact) mass is 282 g/mol. The average molecular weight is 282 g/mol. The topological polar surface area (TPSA) is 24.9 Å². The van der Waals surface area contributed by atoms with E-state index in [-0.39, 0.29) is 0 Å². The highest BCUT2D eigenvalue weighted by molar-refractivity contribution is 5.25. The molecule has 21 heavy (non-hydrogen) atoms. The summed E-state index contributed by atoms with van der Waals surface area (Å²) in [5, 5.41) is 3.64. The van der Waals surface area contributed by atoms with Gasteiger partial charge in [0, 0.05) is 24.5 Å². The van der Waals surface area contributed by atoms with Crippen molar-refractivity contribution in [2.45, 2.75) is 46.2 Å². The van der Waals surface area contributed by atoms with E-state index in [2.05, 4.69) is 74.4 Å². The lowest BCUT2D eigenvalue weighted by Gasteiger charge is -2.21. The molecule has 0 aliphatic rings. The summed E-state index contributed by atoms with van der Waals surface area (Å²) in [6.45, 7) is 8.93. The third kappa shape index (κ3) is 4.68. The first-order valence-electron chi connectivity index (χ1n) is 7.81. The van der Waals surface area contributed by atoms with Gasteiger partial charge in [0.25, 0.3) is 0 Å². The number of aromatic nitrogens is 1. The van der Waals surface area contributed by atoms with Crippen molar-refractivity contribution in [3.8, 4) is 0 Å². The summed E-state index contributed by atoms with van der Waals surface area (Å²) in [6, 6.07) is 13.8. The Bertz CT molecular complexity index is 531. The second kappa shape index (κ2) is 7.37. The normalized spacial score (nSPS) is 14.1. The summed E-state index contributed by atoms with van der Waals surface area (Å²) in [5.74, 6) is 0.707. The zero-order valence-corrected chi connectivity index (χ0v) is 13.5. The van der Waals surface area contributed by atoms with E-state index < -0.39 is 0 Å². The molecule has 1 N–H and O–H groups in total. The molecule has 0 spiro atoms. The fourth-order valence-electron chi connectivity index (χ4n) is 2.63. The molecule has 2 aromatic rings. The van der Waals surface area contributed by atoms with E-state index in [1.165, 1.54) is 16.7 Å². The largest absolute Gasteiger partial charge is 0.304 e. The van der Waals surface area contributed by atoms with Gasteiger partial charge in [-0.2, -0.15) is 0 Å². The van der Waals surface area contributed by atoms with Gasteiger partial charge in [0.2, 0.25) is 0 Å². The quantitative estimate of drug-likeness (QED) is 0.831. The molecular formula is C19H26N2. The number of hydrogen-bond acceptors (Lipinski definition) is 2. The second-order valence-electron chi connectivity index (χ2n) is 6.23. The highest BCUT2D eigenvalue weighted by Gasteiger charge is 2.11. The Hall–Kier alpha value is -1.67. The summed E-state index contributed by atoms with van der Waals surface area (Å²) in [4.78, 5) is 4.07. The Morgan fingerprint density at radius 2 is 1.33 bits per heavy atom. The molecule has 1 aromatic carbocycles. The molecule has 2 unspecified atom stereocenters. The van der Waals surface area contributed by atoms with Crippen molar-refractivity contribution in [2.75, 3.05) is 0 Å². The van der Waals surface area contributed by atoms with E-state index in [0.29, 0.717) is 18.0 Å². The van der Waals surface area contributed by atoms with Crippen molar-refractivity contribution in [1.82, 2.24) is 10.3 Å². The van der Waals surface area contributed by atoms with Crippen molar-refractivity contribution in [3.63, 3.8) is 0 Å². The second-order valence-corrected chi connectivity index (χ2v) is 6.23. The lowest BCUT2D eigenvalue weighted by atomic mass is 9.99. The molecule has 2 rings (SSSR count). The molecule has 1 heterocycles. The molecule has 0 aliphatic carbocycles. The van der Waals surface area contributed by atoms with Crippen LogP contribution in [-0.4, -0.2) is 4.98 Å². The van der Waals surface area contributed by atoms with Crippen molar-refractivity contribution in [1.29, 1.82) is 0 Å². The van der Waals surface area contributed by atoms with Crippen LogP contribution in [0.2, 0.25) is 0 Å². The molecule has 0 aliphatic heterocycles. The molecule has 0 radical (unpaired) electrons. The summed E-state index contributed by atoms with van der Waals surface area (Å²) in [6.07, 6.45) is 4.84. The van der Waals surface area contributed by atoms with E-state index in [1.807, 2.05) is 12.4 Å². The van der Waals surface area contributed by atoms with Crippen molar-refractivity contribution in [3.05, 3.63) is 65.5 Å². The van der Waals surface area contributed by atoms with Gasteiger partial charge in [-0.3, -0.25) is 4.98 Å². The zero-order valence-electron chi connectivity index (χ0n) is 13.5. The highest BCUT2D eigenvalue weighted by Crippen LogP contribution is 2.20. The Kier molecular flexibility index (Phi) is 5.51. The standard InChI is InChI=1S/C19H26N2/c1-14(2)13-17-5-7-18(8-6-17)15(3)21-16(4)19-9-11-20-12-10-19/h5-12,14-16,21H,13H2,1-4H3. The van der Waals surface area contributed by atoms with Crippen LogP contribution in [0.1, 0.15) is 56.5 Å². The fraction of sp³-hybridized carbons (Fsp3) is 0.421. The Balaban J connectivity index is 1.98. The van der Waals surface area contributed by atoms with Gasteiger partial charge in [0.05, 0.1) is 0 Å². The summed E-state index contributed by atoms with van der Waals surface area (Å²) >= 11 is 0. The zero-order chi connectivity index (χ0) is 15.2. The number of pyridine rings is 1. The first-order chi connectivity index (χ1) is 10.1. The number of hydrogen-bond donors (Lipinski definition) is 1. The molecule has 2 atom stereocenters. The van der Waals surface area contributed by atoms with Crippen LogP contribution in [-0.2, 0) is 6.42 Å². The molecule has 0 bridgehead atoms. The van der Waals surface area contributed by atoms with E-state index in [9.17, 15) is 0 Å². The first-order valence-corrected chi connectivity index (χ1v) is 7.81. The van der Waals surface area contributed by atoms with Gasteiger partial charge >= 0.3 is 0 Å². The van der Waals surface area contributed by atoms with Gasteiger partial charge in [-0.1, -0.05) is 38.1 Å². The van der Waals surface area contributed by atoms with E-state index >= 15 is 0 Å². The molecular weight excluding hydrogens is 256 g/mol. The van der Waals surface area contributed by atoms with Gasteiger partial charge in [0.1, 0.15) is 0 Å². The Labute approximate surface area is 128 Å². The third-order valence-electron chi connectivity index (χ3n) is 3.83. The van der Waals surface area contributed by atoms with Gasteiger partial charge in [0.15, 0.2) is 0 Å². The third-order valence-corrected chi connectivity index (χ3v) is 3.83. The van der Waals surface area contributed by atoms with E-state index in [4.69, 9.17) is 0 Å². The summed E-state index contributed by atoms with van der Waals surface area (Å²) in [5.41, 5.74) is 4.03. The van der Waals surface area contributed by atoms with Crippen molar-refractivity contribution < 1.29 is 0 Å². The molecule has 2 heteroatoms. The summed E-state index contributed by atoms with van der Waals surface area (Å²) in [7, 11) is 0. The lowest BCUT2D eigenvalue weighted by molar-refractivity contribution is 0.494. The summed E-state index contributed by atoms with van der Waals surface area (Å²) < 4.78 is 0. The van der Waals surface area contributed by atoms with E-state index in [1.54, 1.807) is 0 Å². The van der Waals surface area contributed by atoms with Crippen LogP contribution in [0.3, 0.4) is 0 Å². The predicted molar refractivity (Wildman–Crippen MR) is 89.2 cm³/mol. The molecule has 0 saturated carbocycles. The SMILES string of the molecule is CC(C)Cc1ccc(C(C)NC(C)c2ccncc2)cc1. The van der Waals surface area contributed by atoms with Crippen molar-refractivity contribution >= 4 is 0 Å². The fourth-order valence-corrected chi connectivity index (χ4v) is 2.63. The maximum absolute atomic E-state index is 4.07. The number of rotatable bonds is 6. The molecule has 1 aromatic heterocycles. The van der Waals surface area contributed by atoms with Gasteiger partial charge in [-0.05, 0) is 55.0 Å². The van der Waals surface area contributed by atoms with Crippen molar-refractivity contribution in [2.24, 2.45) is 5.92 Å². The molecule has 0 amide bonds. The maximum atomic E-state index is 4.07. The Morgan fingerprint density at radius 1 is 0.810 bits per heavy atom. The van der Waals surface area contributed by atoms with Gasteiger partial charge < -0.3 is 5.32 Å². The molecule has 0 saturated heterocycles. The average Bonchev–Trinajstić information content (AvgIpc) is 2.48. The minimum Gasteiger partial charge on any atom is -0.304 e. The minimum absolute atomic E-state index is 0.318. The Morgan fingerprint density at radius 3 is 1.86 bits per heavy atom. The van der Waals surface area contributed by atoms with Crippen LogP contribution in [0.25, 0.3) is 0 Å².